The van der Waals surface area contributed by atoms with E-state index in [0.29, 0.717) is 34.2 Å². The Labute approximate surface area is 184 Å². The van der Waals surface area contributed by atoms with Gasteiger partial charge < -0.3 is 10.1 Å². The van der Waals surface area contributed by atoms with Crippen LogP contribution in [0.4, 0.5) is 5.69 Å². The Hall–Kier alpha value is -3.64. The molecule has 7 heteroatoms. The Bertz CT molecular complexity index is 1110. The quantitative estimate of drug-likeness (QED) is 0.578. The minimum absolute atomic E-state index is 0.314. The van der Waals surface area contributed by atoms with Crippen molar-refractivity contribution in [1.82, 2.24) is 4.90 Å². The summed E-state index contributed by atoms with van der Waals surface area (Å²) in [7, 11) is 0. The van der Waals surface area contributed by atoms with E-state index in [1.54, 1.807) is 60.7 Å². The molecule has 4 rings (SSSR count). The molecule has 0 aromatic heterocycles. The van der Waals surface area contributed by atoms with Crippen LogP contribution in [0.3, 0.4) is 0 Å². The van der Waals surface area contributed by atoms with Gasteiger partial charge >= 0.3 is 0 Å². The third kappa shape index (κ3) is 4.29. The molecule has 3 amide bonds. The van der Waals surface area contributed by atoms with Crippen molar-refractivity contribution < 1.29 is 19.1 Å². The van der Waals surface area contributed by atoms with E-state index in [-0.39, 0.29) is 0 Å². The van der Waals surface area contributed by atoms with Gasteiger partial charge in [-0.15, -0.1) is 0 Å². The fourth-order valence-electron chi connectivity index (χ4n) is 3.31. The fourth-order valence-corrected chi connectivity index (χ4v) is 3.43. The lowest BCUT2D eigenvalue weighted by Gasteiger charge is -2.21. The van der Waals surface area contributed by atoms with Crippen molar-refractivity contribution >= 4 is 35.0 Å². The van der Waals surface area contributed by atoms with Crippen LogP contribution in [0.1, 0.15) is 33.2 Å². The molecule has 1 N–H and O–H groups in total. The van der Waals surface area contributed by atoms with Crippen molar-refractivity contribution in [2.75, 3.05) is 5.32 Å². The van der Waals surface area contributed by atoms with Crippen molar-refractivity contribution in [2.24, 2.45) is 0 Å². The molecule has 1 heterocycles. The van der Waals surface area contributed by atoms with Crippen LogP contribution < -0.4 is 10.1 Å². The number of carbonyl (C=O) groups excluding carboxylic acids is 3. The lowest BCUT2D eigenvalue weighted by Crippen LogP contribution is -2.45. The van der Waals surface area contributed by atoms with Gasteiger partial charge in [0, 0.05) is 10.7 Å². The maximum absolute atomic E-state index is 12.7. The van der Waals surface area contributed by atoms with Crippen molar-refractivity contribution in [3.05, 3.63) is 94.5 Å². The first kappa shape index (κ1) is 20.6. The minimum atomic E-state index is -0.951. The smallest absolute Gasteiger partial charge is 0.262 e. The lowest BCUT2D eigenvalue weighted by atomic mass is 10.1. The molecule has 1 atom stereocenters. The molecule has 1 aliphatic rings. The molecule has 3 aromatic rings. The third-order valence-corrected chi connectivity index (χ3v) is 5.28. The van der Waals surface area contributed by atoms with Gasteiger partial charge in [-0.3, -0.25) is 19.3 Å². The van der Waals surface area contributed by atoms with E-state index in [1.165, 1.54) is 6.92 Å². The number of imide groups is 1. The van der Waals surface area contributed by atoms with Crippen LogP contribution in [0.5, 0.6) is 5.75 Å². The van der Waals surface area contributed by atoms with Gasteiger partial charge in [0.05, 0.1) is 11.1 Å². The molecule has 3 aromatic carbocycles. The number of amides is 3. The van der Waals surface area contributed by atoms with E-state index >= 15 is 0 Å². The number of hydrogen-bond acceptors (Lipinski definition) is 4. The van der Waals surface area contributed by atoms with Gasteiger partial charge in [-0.2, -0.15) is 0 Å². The second-order valence-electron chi connectivity index (χ2n) is 7.13. The fraction of sp³-hybridized carbons (Fsp3) is 0.125. The molecule has 0 radical (unpaired) electrons. The summed E-state index contributed by atoms with van der Waals surface area (Å²) in [6.07, 6.45) is 0. The third-order valence-electron chi connectivity index (χ3n) is 5.03. The summed E-state index contributed by atoms with van der Waals surface area (Å²) in [5.74, 6) is -0.742. The number of hydrogen-bond donors (Lipinski definition) is 1. The van der Waals surface area contributed by atoms with E-state index in [0.717, 1.165) is 10.5 Å². The molecule has 0 spiro atoms. The zero-order valence-corrected chi connectivity index (χ0v) is 17.4. The van der Waals surface area contributed by atoms with Crippen LogP contribution in [0, 0.1) is 0 Å². The molecule has 0 aliphatic carbocycles. The standard InChI is InChI=1S/C24H19ClN2O4/c1-15(27-23(29)20-4-2-3-5-21(20)24(27)30)22(28)26-18-10-12-19(13-11-18)31-14-16-6-8-17(25)9-7-16/h2-13,15H,14H2,1H3,(H,26,28). The number of ether oxygens (including phenoxy) is 1. The Morgan fingerprint density at radius 2 is 1.52 bits per heavy atom. The van der Waals surface area contributed by atoms with E-state index in [9.17, 15) is 14.4 Å². The second-order valence-corrected chi connectivity index (χ2v) is 7.57. The Morgan fingerprint density at radius 3 is 2.10 bits per heavy atom. The minimum Gasteiger partial charge on any atom is -0.489 e. The van der Waals surface area contributed by atoms with Gasteiger partial charge in [-0.1, -0.05) is 35.9 Å². The van der Waals surface area contributed by atoms with Crippen LogP contribution in [0.2, 0.25) is 5.02 Å². The summed E-state index contributed by atoms with van der Waals surface area (Å²) in [4.78, 5) is 38.8. The van der Waals surface area contributed by atoms with Crippen molar-refractivity contribution in [3.63, 3.8) is 0 Å². The van der Waals surface area contributed by atoms with Gasteiger partial charge in [0.1, 0.15) is 18.4 Å². The average molecular weight is 435 g/mol. The largest absolute Gasteiger partial charge is 0.489 e. The number of nitrogens with zero attached hydrogens (tertiary/aromatic N) is 1. The summed E-state index contributed by atoms with van der Waals surface area (Å²) in [5, 5.41) is 3.40. The van der Waals surface area contributed by atoms with Crippen molar-refractivity contribution in [2.45, 2.75) is 19.6 Å². The highest BCUT2D eigenvalue weighted by atomic mass is 35.5. The SMILES string of the molecule is CC(C(=O)Nc1ccc(OCc2ccc(Cl)cc2)cc1)N1C(=O)c2ccccc2C1=O. The van der Waals surface area contributed by atoms with Crippen LogP contribution >= 0.6 is 11.6 Å². The number of anilines is 1. The second kappa shape index (κ2) is 8.62. The van der Waals surface area contributed by atoms with Crippen LogP contribution in [-0.4, -0.2) is 28.7 Å². The van der Waals surface area contributed by atoms with E-state index in [1.807, 2.05) is 12.1 Å². The molecule has 0 saturated carbocycles. The van der Waals surface area contributed by atoms with Gasteiger partial charge in [-0.05, 0) is 61.0 Å². The molecule has 6 nitrogen and oxygen atoms in total. The highest BCUT2D eigenvalue weighted by Gasteiger charge is 2.40. The first-order chi connectivity index (χ1) is 14.9. The number of nitrogens with one attached hydrogen (secondary N) is 1. The molecular weight excluding hydrogens is 416 g/mol. The summed E-state index contributed by atoms with van der Waals surface area (Å²) in [6.45, 7) is 1.92. The monoisotopic (exact) mass is 434 g/mol. The Morgan fingerprint density at radius 1 is 0.935 bits per heavy atom. The molecule has 0 saturated heterocycles. The maximum Gasteiger partial charge on any atom is 0.262 e. The topological polar surface area (TPSA) is 75.7 Å². The molecular formula is C24H19ClN2O4. The predicted molar refractivity (Wildman–Crippen MR) is 117 cm³/mol. The molecule has 1 aliphatic heterocycles. The Kier molecular flexibility index (Phi) is 5.73. The highest BCUT2D eigenvalue weighted by molar-refractivity contribution is 6.30. The van der Waals surface area contributed by atoms with E-state index in [4.69, 9.17) is 16.3 Å². The van der Waals surface area contributed by atoms with Crippen LogP contribution in [-0.2, 0) is 11.4 Å². The normalized spacial score (nSPS) is 13.7. The molecule has 156 valence electrons. The lowest BCUT2D eigenvalue weighted by molar-refractivity contribution is -0.119. The predicted octanol–water partition coefficient (Wildman–Crippen LogP) is 4.54. The summed E-state index contributed by atoms with van der Waals surface area (Å²) >= 11 is 5.88. The first-order valence-electron chi connectivity index (χ1n) is 9.69. The van der Waals surface area contributed by atoms with Crippen molar-refractivity contribution in [1.29, 1.82) is 0 Å². The van der Waals surface area contributed by atoms with E-state index in [2.05, 4.69) is 5.32 Å². The summed E-state index contributed by atoms with van der Waals surface area (Å²) in [5.41, 5.74) is 2.15. The molecule has 1 unspecified atom stereocenters. The number of rotatable bonds is 6. The first-order valence-corrected chi connectivity index (χ1v) is 10.1. The van der Waals surface area contributed by atoms with Gasteiger partial charge in [-0.25, -0.2) is 0 Å². The molecule has 0 fully saturated rings. The van der Waals surface area contributed by atoms with E-state index < -0.39 is 23.8 Å². The summed E-state index contributed by atoms with van der Waals surface area (Å²) in [6, 6.07) is 19.8. The Balaban J connectivity index is 1.37. The number of carbonyl (C=O) groups is 3. The highest BCUT2D eigenvalue weighted by Crippen LogP contribution is 2.25. The van der Waals surface area contributed by atoms with Crippen molar-refractivity contribution in [3.8, 4) is 5.75 Å². The zero-order valence-electron chi connectivity index (χ0n) is 16.7. The van der Waals surface area contributed by atoms with Gasteiger partial charge in [0.25, 0.3) is 11.8 Å². The number of fused-ring (bicyclic) bond motifs is 1. The van der Waals surface area contributed by atoms with Gasteiger partial charge in [0.2, 0.25) is 5.91 Å². The number of benzene rings is 3. The molecule has 0 bridgehead atoms. The van der Waals surface area contributed by atoms with Crippen LogP contribution in [0.15, 0.2) is 72.8 Å². The average Bonchev–Trinajstić information content (AvgIpc) is 3.04. The van der Waals surface area contributed by atoms with Crippen LogP contribution in [0.25, 0.3) is 0 Å². The molecule has 31 heavy (non-hydrogen) atoms. The van der Waals surface area contributed by atoms with Gasteiger partial charge in [0.15, 0.2) is 0 Å². The summed E-state index contributed by atoms with van der Waals surface area (Å²) < 4.78 is 5.73. The number of halogens is 1. The maximum atomic E-state index is 12.7. The zero-order chi connectivity index (χ0) is 22.0.